The SMILES string of the molecule is Cc1cc([C@@H](C)Nc2ccc(F)c(F)c2C(N)=O)c2oc(-c3ccccc3)c(C)c(=O)c2c1. The van der Waals surface area contributed by atoms with Crippen LogP contribution in [-0.2, 0) is 0 Å². The third kappa shape index (κ3) is 3.98. The van der Waals surface area contributed by atoms with Gasteiger partial charge in [-0.1, -0.05) is 36.4 Å². The van der Waals surface area contributed by atoms with Crippen molar-refractivity contribution >= 4 is 22.6 Å². The molecule has 168 valence electrons. The van der Waals surface area contributed by atoms with Crippen molar-refractivity contribution in [2.24, 2.45) is 5.73 Å². The van der Waals surface area contributed by atoms with Crippen molar-refractivity contribution in [2.75, 3.05) is 5.32 Å². The van der Waals surface area contributed by atoms with Crippen molar-refractivity contribution in [2.45, 2.75) is 26.8 Å². The van der Waals surface area contributed by atoms with Gasteiger partial charge in [-0.05, 0) is 44.5 Å². The van der Waals surface area contributed by atoms with Crippen LogP contribution in [0.25, 0.3) is 22.3 Å². The molecule has 1 heterocycles. The Bertz CT molecular complexity index is 1450. The van der Waals surface area contributed by atoms with Crippen molar-refractivity contribution in [3.63, 3.8) is 0 Å². The van der Waals surface area contributed by atoms with Crippen molar-refractivity contribution in [1.82, 2.24) is 0 Å². The van der Waals surface area contributed by atoms with Gasteiger partial charge >= 0.3 is 0 Å². The minimum Gasteiger partial charge on any atom is -0.455 e. The summed E-state index contributed by atoms with van der Waals surface area (Å²) in [4.78, 5) is 25.0. The lowest BCUT2D eigenvalue weighted by atomic mass is 9.98. The number of anilines is 1. The molecule has 0 saturated heterocycles. The first-order valence-electron chi connectivity index (χ1n) is 10.4. The summed E-state index contributed by atoms with van der Waals surface area (Å²) in [7, 11) is 0. The van der Waals surface area contributed by atoms with Crippen LogP contribution in [0.1, 0.15) is 40.0 Å². The Hall–Kier alpha value is -4.00. The molecule has 0 radical (unpaired) electrons. The molecule has 7 heteroatoms. The first kappa shape index (κ1) is 22.2. The van der Waals surface area contributed by atoms with Gasteiger partial charge < -0.3 is 15.5 Å². The molecule has 3 aromatic carbocycles. The molecule has 0 aliphatic heterocycles. The third-order valence-electron chi connectivity index (χ3n) is 5.61. The Balaban J connectivity index is 1.90. The van der Waals surface area contributed by atoms with E-state index in [1.165, 1.54) is 6.07 Å². The van der Waals surface area contributed by atoms with Gasteiger partial charge in [-0.25, -0.2) is 8.78 Å². The molecule has 4 aromatic rings. The van der Waals surface area contributed by atoms with Crippen molar-refractivity contribution in [3.8, 4) is 11.3 Å². The van der Waals surface area contributed by atoms with Crippen LogP contribution in [0.15, 0.2) is 63.8 Å². The van der Waals surface area contributed by atoms with Crippen LogP contribution in [0.4, 0.5) is 14.5 Å². The molecule has 0 spiro atoms. The topological polar surface area (TPSA) is 85.3 Å². The molecule has 0 aliphatic rings. The maximum absolute atomic E-state index is 14.2. The van der Waals surface area contributed by atoms with E-state index in [4.69, 9.17) is 10.2 Å². The Morgan fingerprint density at radius 2 is 1.76 bits per heavy atom. The number of hydrogen-bond donors (Lipinski definition) is 2. The predicted molar refractivity (Wildman–Crippen MR) is 124 cm³/mol. The summed E-state index contributed by atoms with van der Waals surface area (Å²) in [6.45, 7) is 5.34. The lowest BCUT2D eigenvalue weighted by Crippen LogP contribution is -2.19. The number of aryl methyl sites for hydroxylation is 1. The average Bonchev–Trinajstić information content (AvgIpc) is 2.79. The summed E-state index contributed by atoms with van der Waals surface area (Å²) < 4.78 is 34.2. The zero-order chi connectivity index (χ0) is 23.9. The Labute approximate surface area is 188 Å². The second-order valence-electron chi connectivity index (χ2n) is 8.00. The molecule has 0 saturated carbocycles. The number of carbonyl (C=O) groups excluding carboxylic acids is 1. The van der Waals surface area contributed by atoms with E-state index in [9.17, 15) is 18.4 Å². The molecule has 33 heavy (non-hydrogen) atoms. The van der Waals surface area contributed by atoms with E-state index >= 15 is 0 Å². The smallest absolute Gasteiger partial charge is 0.253 e. The lowest BCUT2D eigenvalue weighted by molar-refractivity contribution is 0.0996. The molecule has 0 bridgehead atoms. The van der Waals surface area contributed by atoms with Gasteiger partial charge in [0.2, 0.25) is 0 Å². The number of primary amides is 1. The number of rotatable bonds is 5. The molecule has 5 nitrogen and oxygen atoms in total. The minimum atomic E-state index is -1.32. The fourth-order valence-corrected chi connectivity index (χ4v) is 3.98. The van der Waals surface area contributed by atoms with E-state index in [0.717, 1.165) is 17.2 Å². The molecule has 1 aromatic heterocycles. The molecule has 3 N–H and O–H groups in total. The van der Waals surface area contributed by atoms with Crippen LogP contribution in [0, 0.1) is 25.5 Å². The molecule has 0 unspecified atom stereocenters. The third-order valence-corrected chi connectivity index (χ3v) is 5.61. The molecule has 1 amide bonds. The summed E-state index contributed by atoms with van der Waals surface area (Å²) in [6, 6.07) is 14.5. The minimum absolute atomic E-state index is 0.0429. The standard InChI is InChI=1S/C26H22F2N2O3/c1-13-11-17(15(3)30-20-10-9-19(27)22(28)21(20)26(29)32)25-18(12-13)23(31)14(2)24(33-25)16-7-5-4-6-8-16/h4-12,15,30H,1-3H3,(H2,29,32)/t15-/m1/s1. The van der Waals surface area contributed by atoms with Gasteiger partial charge in [-0.3, -0.25) is 9.59 Å². The highest BCUT2D eigenvalue weighted by molar-refractivity contribution is 5.99. The molecule has 0 aliphatic carbocycles. The van der Waals surface area contributed by atoms with Crippen LogP contribution >= 0.6 is 0 Å². The van der Waals surface area contributed by atoms with Gasteiger partial charge in [-0.2, -0.15) is 0 Å². The van der Waals surface area contributed by atoms with E-state index < -0.39 is 29.1 Å². The fourth-order valence-electron chi connectivity index (χ4n) is 3.98. The first-order chi connectivity index (χ1) is 15.7. The summed E-state index contributed by atoms with van der Waals surface area (Å²) in [5.41, 5.74) is 7.68. The molecule has 1 atom stereocenters. The second kappa shape index (κ2) is 8.50. The van der Waals surface area contributed by atoms with Crippen molar-refractivity contribution in [1.29, 1.82) is 0 Å². The summed E-state index contributed by atoms with van der Waals surface area (Å²) in [6.07, 6.45) is 0. The first-order valence-corrected chi connectivity index (χ1v) is 10.4. The Kier molecular flexibility index (Phi) is 5.72. The zero-order valence-electron chi connectivity index (χ0n) is 18.3. The Morgan fingerprint density at radius 3 is 2.42 bits per heavy atom. The van der Waals surface area contributed by atoms with E-state index in [2.05, 4.69) is 5.32 Å². The normalized spacial score (nSPS) is 12.0. The molecular formula is C26H22F2N2O3. The van der Waals surface area contributed by atoms with Gasteiger partial charge in [0.05, 0.1) is 17.1 Å². The number of fused-ring (bicyclic) bond motifs is 1. The highest BCUT2D eigenvalue weighted by atomic mass is 19.2. The van der Waals surface area contributed by atoms with Gasteiger partial charge in [0.15, 0.2) is 17.1 Å². The van der Waals surface area contributed by atoms with E-state index in [1.54, 1.807) is 19.9 Å². The Morgan fingerprint density at radius 1 is 1.06 bits per heavy atom. The van der Waals surface area contributed by atoms with Crippen molar-refractivity contribution < 1.29 is 18.0 Å². The van der Waals surface area contributed by atoms with Crippen LogP contribution in [-0.4, -0.2) is 5.91 Å². The second-order valence-corrected chi connectivity index (χ2v) is 8.00. The monoisotopic (exact) mass is 448 g/mol. The van der Waals surface area contributed by atoms with E-state index in [-0.39, 0.29) is 11.1 Å². The summed E-state index contributed by atoms with van der Waals surface area (Å²) >= 11 is 0. The predicted octanol–water partition coefficient (Wildman–Crippen LogP) is 5.63. The highest BCUT2D eigenvalue weighted by Gasteiger charge is 2.22. The number of nitrogens with one attached hydrogen (secondary N) is 1. The maximum Gasteiger partial charge on any atom is 0.253 e. The molecular weight excluding hydrogens is 426 g/mol. The lowest BCUT2D eigenvalue weighted by Gasteiger charge is -2.20. The van der Waals surface area contributed by atoms with Gasteiger partial charge in [-0.15, -0.1) is 0 Å². The quantitative estimate of drug-likeness (QED) is 0.415. The van der Waals surface area contributed by atoms with E-state index in [0.29, 0.717) is 27.9 Å². The van der Waals surface area contributed by atoms with Gasteiger partial charge in [0.1, 0.15) is 16.9 Å². The number of amides is 1. The van der Waals surface area contributed by atoms with Crippen LogP contribution in [0.2, 0.25) is 0 Å². The van der Waals surface area contributed by atoms with Crippen LogP contribution in [0.3, 0.4) is 0 Å². The maximum atomic E-state index is 14.2. The summed E-state index contributed by atoms with van der Waals surface area (Å²) in [5.74, 6) is -3.13. The van der Waals surface area contributed by atoms with Gasteiger partial charge in [0, 0.05) is 16.7 Å². The van der Waals surface area contributed by atoms with Crippen LogP contribution in [0.5, 0.6) is 0 Å². The number of hydrogen-bond acceptors (Lipinski definition) is 4. The molecule has 4 rings (SSSR count). The fraction of sp³-hybridized carbons (Fsp3) is 0.154. The van der Waals surface area contributed by atoms with E-state index in [1.807, 2.05) is 43.3 Å². The average molecular weight is 448 g/mol. The number of nitrogens with two attached hydrogens (primary N) is 1. The number of carbonyl (C=O) groups is 1. The summed E-state index contributed by atoms with van der Waals surface area (Å²) in [5, 5.41) is 3.43. The largest absolute Gasteiger partial charge is 0.455 e. The van der Waals surface area contributed by atoms with Crippen molar-refractivity contribution in [3.05, 3.63) is 98.7 Å². The number of benzene rings is 3. The van der Waals surface area contributed by atoms with Gasteiger partial charge in [0.25, 0.3) is 5.91 Å². The van der Waals surface area contributed by atoms with Crippen LogP contribution < -0.4 is 16.5 Å². The zero-order valence-corrected chi connectivity index (χ0v) is 18.3. The highest BCUT2D eigenvalue weighted by Crippen LogP contribution is 2.33. The number of halogens is 2. The molecule has 0 fully saturated rings.